The maximum atomic E-state index is 13.0. The average molecular weight is 292 g/mol. The Labute approximate surface area is 118 Å². The molecule has 1 amide bonds. The number of rotatable bonds is 4. The van der Waals surface area contributed by atoms with Crippen LogP contribution in [0, 0.1) is 21.7 Å². The summed E-state index contributed by atoms with van der Waals surface area (Å²) < 4.78 is 26.0. The Hall–Kier alpha value is -2.83. The van der Waals surface area contributed by atoms with Crippen molar-refractivity contribution < 1.29 is 18.5 Å². The number of nitrogens with one attached hydrogen (secondary N) is 1. The predicted molar refractivity (Wildman–Crippen MR) is 70.6 cm³/mol. The lowest BCUT2D eigenvalue weighted by Crippen LogP contribution is -2.23. The second-order valence-electron chi connectivity index (χ2n) is 4.23. The van der Waals surface area contributed by atoms with E-state index in [0.717, 1.165) is 12.1 Å². The van der Waals surface area contributed by atoms with Crippen molar-refractivity contribution in [2.24, 2.45) is 0 Å². The smallest absolute Gasteiger partial charge is 0.282 e. The lowest BCUT2D eigenvalue weighted by molar-refractivity contribution is -0.385. The lowest BCUT2D eigenvalue weighted by atomic mass is 10.1. The van der Waals surface area contributed by atoms with Gasteiger partial charge in [0.05, 0.1) is 4.92 Å². The first-order chi connectivity index (χ1) is 9.97. The van der Waals surface area contributed by atoms with Crippen molar-refractivity contribution in [1.29, 1.82) is 0 Å². The summed E-state index contributed by atoms with van der Waals surface area (Å²) in [6.45, 7) is -0.139. The number of halogens is 2. The van der Waals surface area contributed by atoms with E-state index in [-0.39, 0.29) is 23.4 Å². The fourth-order valence-corrected chi connectivity index (χ4v) is 1.82. The minimum atomic E-state index is -0.759. The first kappa shape index (κ1) is 14.6. The SMILES string of the molecule is O=C(NCc1cc(F)cc(F)c1)c1ccccc1[N+](=O)[O-]. The van der Waals surface area contributed by atoms with Gasteiger partial charge in [-0.1, -0.05) is 12.1 Å². The topological polar surface area (TPSA) is 72.2 Å². The van der Waals surface area contributed by atoms with E-state index in [4.69, 9.17) is 0 Å². The van der Waals surface area contributed by atoms with E-state index >= 15 is 0 Å². The molecule has 0 bridgehead atoms. The number of para-hydroxylation sites is 1. The number of benzene rings is 2. The third-order valence-electron chi connectivity index (χ3n) is 2.72. The predicted octanol–water partition coefficient (Wildman–Crippen LogP) is 2.80. The largest absolute Gasteiger partial charge is 0.348 e. The zero-order valence-electron chi connectivity index (χ0n) is 10.7. The molecule has 0 fully saturated rings. The summed E-state index contributed by atoms with van der Waals surface area (Å²) in [7, 11) is 0. The van der Waals surface area contributed by atoms with Crippen LogP contribution in [0.2, 0.25) is 0 Å². The van der Waals surface area contributed by atoms with Crippen LogP contribution in [0.3, 0.4) is 0 Å². The zero-order chi connectivity index (χ0) is 15.4. The number of carbonyl (C=O) groups is 1. The van der Waals surface area contributed by atoms with Crippen molar-refractivity contribution in [2.45, 2.75) is 6.54 Å². The van der Waals surface area contributed by atoms with Crippen LogP contribution in [0.1, 0.15) is 15.9 Å². The summed E-state index contributed by atoms with van der Waals surface area (Å²) >= 11 is 0. The van der Waals surface area contributed by atoms with Crippen LogP contribution in [0.25, 0.3) is 0 Å². The molecule has 21 heavy (non-hydrogen) atoms. The summed E-state index contributed by atoms with van der Waals surface area (Å²) in [5.74, 6) is -2.21. The van der Waals surface area contributed by atoms with Crippen molar-refractivity contribution in [2.75, 3.05) is 0 Å². The van der Waals surface area contributed by atoms with Crippen molar-refractivity contribution in [3.8, 4) is 0 Å². The van der Waals surface area contributed by atoms with Crippen LogP contribution >= 0.6 is 0 Å². The van der Waals surface area contributed by atoms with Gasteiger partial charge in [-0.15, -0.1) is 0 Å². The Morgan fingerprint density at radius 2 is 1.76 bits per heavy atom. The van der Waals surface area contributed by atoms with E-state index in [1.165, 1.54) is 24.3 Å². The first-order valence-corrected chi connectivity index (χ1v) is 5.94. The number of nitrogens with zero attached hydrogens (tertiary/aromatic N) is 1. The Morgan fingerprint density at radius 3 is 2.38 bits per heavy atom. The van der Waals surface area contributed by atoms with Gasteiger partial charge in [-0.3, -0.25) is 14.9 Å². The molecule has 0 saturated carbocycles. The number of amides is 1. The molecule has 2 rings (SSSR count). The monoisotopic (exact) mass is 292 g/mol. The van der Waals surface area contributed by atoms with Gasteiger partial charge in [0.1, 0.15) is 17.2 Å². The number of nitro groups is 1. The fraction of sp³-hybridized carbons (Fsp3) is 0.0714. The van der Waals surface area contributed by atoms with E-state index in [1.54, 1.807) is 0 Å². The van der Waals surface area contributed by atoms with Crippen LogP contribution in [0.5, 0.6) is 0 Å². The highest BCUT2D eigenvalue weighted by molar-refractivity contribution is 5.98. The number of nitro benzene ring substituents is 1. The Kier molecular flexibility index (Phi) is 4.22. The molecule has 0 aliphatic carbocycles. The van der Waals surface area contributed by atoms with Gasteiger partial charge in [-0.25, -0.2) is 8.78 Å². The third kappa shape index (κ3) is 3.59. The minimum absolute atomic E-state index is 0.112. The number of hydrogen-bond acceptors (Lipinski definition) is 3. The van der Waals surface area contributed by atoms with Gasteiger partial charge in [0.2, 0.25) is 0 Å². The maximum absolute atomic E-state index is 13.0. The molecule has 0 spiro atoms. The van der Waals surface area contributed by atoms with Gasteiger partial charge in [-0.2, -0.15) is 0 Å². The Balaban J connectivity index is 2.14. The maximum Gasteiger partial charge on any atom is 0.282 e. The summed E-state index contributed by atoms with van der Waals surface area (Å²) in [6.07, 6.45) is 0. The average Bonchev–Trinajstić information content (AvgIpc) is 2.43. The second-order valence-corrected chi connectivity index (χ2v) is 4.23. The summed E-state index contributed by atoms with van der Waals surface area (Å²) in [5, 5.41) is 13.2. The standard InChI is InChI=1S/C14H10F2N2O3/c15-10-5-9(6-11(16)7-10)8-17-14(19)12-3-1-2-4-13(12)18(20)21/h1-7H,8H2,(H,17,19). The number of carbonyl (C=O) groups excluding carboxylic acids is 1. The molecule has 0 aliphatic heterocycles. The molecule has 0 aliphatic rings. The first-order valence-electron chi connectivity index (χ1n) is 5.94. The van der Waals surface area contributed by atoms with E-state index in [0.29, 0.717) is 6.07 Å². The Bertz CT molecular complexity index is 684. The molecule has 5 nitrogen and oxygen atoms in total. The van der Waals surface area contributed by atoms with Crippen LogP contribution in [-0.4, -0.2) is 10.8 Å². The Morgan fingerprint density at radius 1 is 1.14 bits per heavy atom. The van der Waals surface area contributed by atoms with Gasteiger partial charge in [0, 0.05) is 18.7 Å². The zero-order valence-corrected chi connectivity index (χ0v) is 10.7. The molecular weight excluding hydrogens is 282 g/mol. The molecule has 7 heteroatoms. The molecule has 0 aromatic heterocycles. The quantitative estimate of drug-likeness (QED) is 0.695. The molecule has 2 aromatic carbocycles. The van der Waals surface area contributed by atoms with Crippen LogP contribution in [0.4, 0.5) is 14.5 Å². The van der Waals surface area contributed by atoms with E-state index in [1.807, 2.05) is 0 Å². The molecule has 0 heterocycles. The summed E-state index contributed by atoms with van der Waals surface area (Å²) in [5.41, 5.74) is -0.223. The van der Waals surface area contributed by atoms with Gasteiger partial charge in [0.15, 0.2) is 0 Å². The van der Waals surface area contributed by atoms with Gasteiger partial charge in [0.25, 0.3) is 11.6 Å². The summed E-state index contributed by atoms with van der Waals surface area (Å²) in [4.78, 5) is 22.1. The van der Waals surface area contributed by atoms with E-state index in [9.17, 15) is 23.7 Å². The van der Waals surface area contributed by atoms with Gasteiger partial charge < -0.3 is 5.32 Å². The lowest BCUT2D eigenvalue weighted by Gasteiger charge is -2.06. The molecule has 1 N–H and O–H groups in total. The van der Waals surface area contributed by atoms with Gasteiger partial charge >= 0.3 is 0 Å². The van der Waals surface area contributed by atoms with Crippen LogP contribution < -0.4 is 5.32 Å². The van der Waals surface area contributed by atoms with Crippen LogP contribution in [-0.2, 0) is 6.54 Å². The van der Waals surface area contributed by atoms with Crippen molar-refractivity contribution in [3.63, 3.8) is 0 Å². The highest BCUT2D eigenvalue weighted by Crippen LogP contribution is 2.17. The fourth-order valence-electron chi connectivity index (χ4n) is 1.82. The molecular formula is C14H10F2N2O3. The normalized spacial score (nSPS) is 10.2. The minimum Gasteiger partial charge on any atom is -0.348 e. The molecule has 0 unspecified atom stereocenters. The van der Waals surface area contributed by atoms with Gasteiger partial charge in [-0.05, 0) is 23.8 Å². The van der Waals surface area contributed by atoms with Crippen molar-refractivity contribution in [1.82, 2.24) is 5.32 Å². The molecule has 0 saturated heterocycles. The highest BCUT2D eigenvalue weighted by Gasteiger charge is 2.18. The van der Waals surface area contributed by atoms with E-state index in [2.05, 4.69) is 5.32 Å². The van der Waals surface area contributed by atoms with Crippen LogP contribution in [0.15, 0.2) is 42.5 Å². The van der Waals surface area contributed by atoms with Crippen molar-refractivity contribution >= 4 is 11.6 Å². The summed E-state index contributed by atoms with van der Waals surface area (Å²) in [6, 6.07) is 8.30. The third-order valence-corrected chi connectivity index (χ3v) is 2.72. The number of hydrogen-bond donors (Lipinski definition) is 1. The molecule has 0 radical (unpaired) electrons. The molecule has 0 atom stereocenters. The highest BCUT2D eigenvalue weighted by atomic mass is 19.1. The molecule has 108 valence electrons. The molecule has 2 aromatic rings. The van der Waals surface area contributed by atoms with E-state index < -0.39 is 22.5 Å². The second kappa shape index (κ2) is 6.08. The van der Waals surface area contributed by atoms with Crippen molar-refractivity contribution in [3.05, 3.63) is 75.3 Å².